The summed E-state index contributed by atoms with van der Waals surface area (Å²) in [6.45, 7) is 5.28. The standard InChI is InChI=1S/C14H18FNO/c1-10-6-8-16(9-7-10)14-12(11(2)17)4-3-5-13(14)15/h3-6,11,17H,7-9H2,1-2H3. The van der Waals surface area contributed by atoms with Crippen molar-refractivity contribution < 1.29 is 9.50 Å². The average molecular weight is 235 g/mol. The monoisotopic (exact) mass is 235 g/mol. The lowest BCUT2D eigenvalue weighted by Crippen LogP contribution is -2.30. The van der Waals surface area contributed by atoms with E-state index in [4.69, 9.17) is 0 Å². The summed E-state index contributed by atoms with van der Waals surface area (Å²) in [4.78, 5) is 1.99. The average Bonchev–Trinajstić information content (AvgIpc) is 2.30. The molecule has 0 amide bonds. The van der Waals surface area contributed by atoms with Gasteiger partial charge in [0.1, 0.15) is 5.82 Å². The Kier molecular flexibility index (Phi) is 3.48. The number of anilines is 1. The number of hydrogen-bond acceptors (Lipinski definition) is 2. The van der Waals surface area contributed by atoms with Crippen molar-refractivity contribution in [2.24, 2.45) is 0 Å². The molecule has 0 saturated carbocycles. The molecule has 92 valence electrons. The number of para-hydroxylation sites is 1. The van der Waals surface area contributed by atoms with E-state index in [1.807, 2.05) is 4.90 Å². The van der Waals surface area contributed by atoms with Gasteiger partial charge in [-0.2, -0.15) is 0 Å². The molecule has 1 aromatic carbocycles. The first kappa shape index (κ1) is 12.1. The predicted molar refractivity (Wildman–Crippen MR) is 67.6 cm³/mol. The Morgan fingerprint density at radius 2 is 2.18 bits per heavy atom. The van der Waals surface area contributed by atoms with Crippen LogP contribution in [0.2, 0.25) is 0 Å². The zero-order chi connectivity index (χ0) is 12.4. The van der Waals surface area contributed by atoms with Gasteiger partial charge in [0.2, 0.25) is 0 Å². The van der Waals surface area contributed by atoms with Crippen LogP contribution in [0.15, 0.2) is 29.8 Å². The van der Waals surface area contributed by atoms with Crippen LogP contribution in [0.5, 0.6) is 0 Å². The lowest BCUT2D eigenvalue weighted by Gasteiger charge is -2.30. The van der Waals surface area contributed by atoms with Gasteiger partial charge in [-0.3, -0.25) is 0 Å². The zero-order valence-corrected chi connectivity index (χ0v) is 10.3. The third kappa shape index (κ3) is 2.50. The second-order valence-corrected chi connectivity index (χ2v) is 4.60. The summed E-state index contributed by atoms with van der Waals surface area (Å²) >= 11 is 0. The number of aliphatic hydroxyl groups is 1. The van der Waals surface area contributed by atoms with Crippen LogP contribution in [-0.4, -0.2) is 18.2 Å². The van der Waals surface area contributed by atoms with Crippen LogP contribution in [0.3, 0.4) is 0 Å². The van der Waals surface area contributed by atoms with Crippen molar-refractivity contribution >= 4 is 5.69 Å². The number of rotatable bonds is 2. The van der Waals surface area contributed by atoms with Gasteiger partial charge < -0.3 is 10.0 Å². The van der Waals surface area contributed by atoms with E-state index in [0.717, 1.165) is 13.0 Å². The molecule has 1 aromatic rings. The lowest BCUT2D eigenvalue weighted by atomic mass is 10.0. The molecule has 0 fully saturated rings. The van der Waals surface area contributed by atoms with E-state index in [1.165, 1.54) is 11.6 Å². The zero-order valence-electron chi connectivity index (χ0n) is 10.3. The summed E-state index contributed by atoms with van der Waals surface area (Å²) in [5.74, 6) is -0.253. The molecule has 1 aliphatic heterocycles. The Labute approximate surface area is 101 Å². The number of nitrogens with zero attached hydrogens (tertiary/aromatic N) is 1. The molecular formula is C14H18FNO. The van der Waals surface area contributed by atoms with E-state index in [0.29, 0.717) is 17.8 Å². The molecule has 0 radical (unpaired) electrons. The van der Waals surface area contributed by atoms with Gasteiger partial charge in [-0.15, -0.1) is 0 Å². The van der Waals surface area contributed by atoms with E-state index in [-0.39, 0.29) is 5.82 Å². The van der Waals surface area contributed by atoms with E-state index < -0.39 is 6.10 Å². The summed E-state index contributed by atoms with van der Waals surface area (Å²) in [6, 6.07) is 4.88. The van der Waals surface area contributed by atoms with Gasteiger partial charge in [0.25, 0.3) is 0 Å². The molecule has 0 saturated heterocycles. The summed E-state index contributed by atoms with van der Waals surface area (Å²) in [5.41, 5.74) is 2.56. The minimum atomic E-state index is -0.646. The first-order valence-electron chi connectivity index (χ1n) is 5.96. The molecular weight excluding hydrogens is 217 g/mol. The fraction of sp³-hybridized carbons (Fsp3) is 0.429. The highest BCUT2D eigenvalue weighted by Gasteiger charge is 2.19. The van der Waals surface area contributed by atoms with Gasteiger partial charge in [-0.1, -0.05) is 23.8 Å². The first-order valence-corrected chi connectivity index (χ1v) is 5.96. The van der Waals surface area contributed by atoms with Gasteiger partial charge in [0.05, 0.1) is 11.8 Å². The highest BCUT2D eigenvalue weighted by atomic mass is 19.1. The first-order chi connectivity index (χ1) is 8.09. The van der Waals surface area contributed by atoms with E-state index in [2.05, 4.69) is 13.0 Å². The van der Waals surface area contributed by atoms with Gasteiger partial charge >= 0.3 is 0 Å². The molecule has 2 nitrogen and oxygen atoms in total. The smallest absolute Gasteiger partial charge is 0.146 e. The Balaban J connectivity index is 2.37. The topological polar surface area (TPSA) is 23.5 Å². The van der Waals surface area contributed by atoms with Gasteiger partial charge in [0, 0.05) is 18.7 Å². The second kappa shape index (κ2) is 4.88. The van der Waals surface area contributed by atoms with Gasteiger partial charge in [-0.05, 0) is 26.3 Å². The van der Waals surface area contributed by atoms with Crippen LogP contribution in [0.25, 0.3) is 0 Å². The third-order valence-electron chi connectivity index (χ3n) is 3.22. The normalized spacial score (nSPS) is 17.9. The van der Waals surface area contributed by atoms with Crippen molar-refractivity contribution in [2.75, 3.05) is 18.0 Å². The van der Waals surface area contributed by atoms with Gasteiger partial charge in [0.15, 0.2) is 0 Å². The summed E-state index contributed by atoms with van der Waals surface area (Å²) < 4.78 is 13.9. The molecule has 0 aliphatic carbocycles. The Morgan fingerprint density at radius 3 is 2.76 bits per heavy atom. The van der Waals surface area contributed by atoms with E-state index in [1.54, 1.807) is 19.1 Å². The second-order valence-electron chi connectivity index (χ2n) is 4.60. The van der Waals surface area contributed by atoms with Crippen molar-refractivity contribution in [3.63, 3.8) is 0 Å². The lowest BCUT2D eigenvalue weighted by molar-refractivity contribution is 0.199. The molecule has 0 aromatic heterocycles. The van der Waals surface area contributed by atoms with Crippen LogP contribution in [0.1, 0.15) is 31.9 Å². The van der Waals surface area contributed by atoms with Crippen molar-refractivity contribution in [1.82, 2.24) is 0 Å². The fourth-order valence-corrected chi connectivity index (χ4v) is 2.18. The fourth-order valence-electron chi connectivity index (χ4n) is 2.18. The van der Waals surface area contributed by atoms with Crippen LogP contribution in [0.4, 0.5) is 10.1 Å². The number of halogens is 1. The third-order valence-corrected chi connectivity index (χ3v) is 3.22. The highest BCUT2D eigenvalue weighted by molar-refractivity contribution is 5.57. The summed E-state index contributed by atoms with van der Waals surface area (Å²) in [5, 5.41) is 9.70. The van der Waals surface area contributed by atoms with Crippen LogP contribution >= 0.6 is 0 Å². The van der Waals surface area contributed by atoms with E-state index >= 15 is 0 Å². The molecule has 17 heavy (non-hydrogen) atoms. The SMILES string of the molecule is CC1=CCN(c2c(F)cccc2C(C)O)CC1. The van der Waals surface area contributed by atoms with Crippen molar-refractivity contribution in [3.05, 3.63) is 41.2 Å². The number of hydrogen-bond donors (Lipinski definition) is 1. The van der Waals surface area contributed by atoms with E-state index in [9.17, 15) is 9.50 Å². The maximum absolute atomic E-state index is 13.9. The number of aliphatic hydroxyl groups excluding tert-OH is 1. The Morgan fingerprint density at radius 1 is 1.41 bits per heavy atom. The number of benzene rings is 1. The quantitative estimate of drug-likeness (QED) is 0.796. The molecule has 3 heteroatoms. The minimum Gasteiger partial charge on any atom is -0.389 e. The molecule has 1 N–H and O–H groups in total. The van der Waals surface area contributed by atoms with Crippen molar-refractivity contribution in [3.8, 4) is 0 Å². The summed E-state index contributed by atoms with van der Waals surface area (Å²) in [7, 11) is 0. The molecule has 1 atom stereocenters. The maximum Gasteiger partial charge on any atom is 0.146 e. The van der Waals surface area contributed by atoms with Crippen LogP contribution in [-0.2, 0) is 0 Å². The predicted octanol–water partition coefficient (Wildman–Crippen LogP) is 3.04. The largest absolute Gasteiger partial charge is 0.389 e. The maximum atomic E-state index is 13.9. The molecule has 0 bridgehead atoms. The molecule has 1 unspecified atom stereocenters. The van der Waals surface area contributed by atoms with Gasteiger partial charge in [-0.25, -0.2) is 4.39 Å². The minimum absolute atomic E-state index is 0.253. The molecule has 2 rings (SSSR count). The summed E-state index contributed by atoms with van der Waals surface area (Å²) in [6.07, 6.45) is 2.42. The van der Waals surface area contributed by atoms with Crippen molar-refractivity contribution in [2.45, 2.75) is 26.4 Å². The molecule has 1 aliphatic rings. The molecule has 0 spiro atoms. The Hall–Kier alpha value is -1.35. The molecule has 1 heterocycles. The van der Waals surface area contributed by atoms with Crippen LogP contribution < -0.4 is 4.90 Å². The highest BCUT2D eigenvalue weighted by Crippen LogP contribution is 2.30. The van der Waals surface area contributed by atoms with Crippen molar-refractivity contribution in [1.29, 1.82) is 0 Å². The Bertz CT molecular complexity index is 440. The van der Waals surface area contributed by atoms with Crippen LogP contribution in [0, 0.1) is 5.82 Å².